The molecule has 3 nitrogen and oxygen atoms in total. The number of aryl methyl sites for hydroxylation is 2. The predicted molar refractivity (Wildman–Crippen MR) is 86.5 cm³/mol. The van der Waals surface area contributed by atoms with Crippen LogP contribution in [0.15, 0.2) is 18.2 Å². The lowest BCUT2D eigenvalue weighted by atomic mass is 10.1. The van der Waals surface area contributed by atoms with Crippen LogP contribution in [0, 0.1) is 13.8 Å². The fraction of sp³-hybridized carbons (Fsp3) is 0.412. The highest BCUT2D eigenvalue weighted by molar-refractivity contribution is 7.13. The van der Waals surface area contributed by atoms with Crippen molar-refractivity contribution in [3.05, 3.63) is 44.9 Å². The molecule has 0 aliphatic rings. The van der Waals surface area contributed by atoms with E-state index in [1.165, 1.54) is 22.5 Å². The lowest BCUT2D eigenvalue weighted by Gasteiger charge is -2.06. The van der Waals surface area contributed by atoms with Crippen LogP contribution in [0.2, 0.25) is 0 Å². The molecule has 1 aromatic carbocycles. The normalized spacial score (nSPS) is 11.0. The molecule has 0 radical (unpaired) electrons. The van der Waals surface area contributed by atoms with Gasteiger partial charge in [-0.15, -0.1) is 11.3 Å². The van der Waals surface area contributed by atoms with Crippen LogP contribution in [0.4, 0.5) is 0 Å². The van der Waals surface area contributed by atoms with Crippen LogP contribution in [0.25, 0.3) is 0 Å². The predicted octanol–water partition coefficient (Wildman–Crippen LogP) is 4.66. The summed E-state index contributed by atoms with van der Waals surface area (Å²) in [6, 6.07) is 6.04. The van der Waals surface area contributed by atoms with Gasteiger partial charge in [-0.1, -0.05) is 19.9 Å². The molecule has 0 saturated heterocycles. The van der Waals surface area contributed by atoms with Gasteiger partial charge in [0.2, 0.25) is 0 Å². The van der Waals surface area contributed by atoms with E-state index in [-0.39, 0.29) is 11.7 Å². The Bertz CT molecular complexity index is 659. The average molecular weight is 303 g/mol. The Labute approximate surface area is 130 Å². The lowest BCUT2D eigenvalue weighted by Crippen LogP contribution is -1.99. The third-order valence-electron chi connectivity index (χ3n) is 3.40. The van der Waals surface area contributed by atoms with E-state index in [1.807, 2.05) is 18.2 Å². The molecule has 0 unspecified atom stereocenters. The van der Waals surface area contributed by atoms with Crippen LogP contribution >= 0.6 is 11.3 Å². The maximum atomic E-state index is 11.7. The largest absolute Gasteiger partial charge is 0.486 e. The van der Waals surface area contributed by atoms with Gasteiger partial charge in [0.15, 0.2) is 5.78 Å². The number of aromatic nitrogens is 1. The second kappa shape index (κ2) is 6.39. The van der Waals surface area contributed by atoms with Gasteiger partial charge in [0.25, 0.3) is 0 Å². The number of carbonyl (C=O) groups excluding carboxylic acids is 1. The zero-order valence-corrected chi connectivity index (χ0v) is 14.0. The van der Waals surface area contributed by atoms with Crippen LogP contribution in [0.1, 0.15) is 58.2 Å². The molecule has 2 aromatic rings. The molecule has 0 bridgehead atoms. The van der Waals surface area contributed by atoms with Crippen molar-refractivity contribution in [1.82, 2.24) is 4.98 Å². The Balaban J connectivity index is 2.14. The fourth-order valence-electron chi connectivity index (χ4n) is 2.03. The number of nitrogens with zero attached hydrogens (tertiary/aromatic N) is 1. The Morgan fingerprint density at radius 3 is 2.52 bits per heavy atom. The van der Waals surface area contributed by atoms with E-state index in [1.54, 1.807) is 6.92 Å². The highest BCUT2D eigenvalue weighted by Crippen LogP contribution is 2.27. The molecular weight excluding hydrogens is 282 g/mol. The Morgan fingerprint density at radius 2 is 2.00 bits per heavy atom. The first kappa shape index (κ1) is 15.7. The zero-order chi connectivity index (χ0) is 15.6. The van der Waals surface area contributed by atoms with Gasteiger partial charge in [0, 0.05) is 6.92 Å². The molecule has 4 heteroatoms. The minimum Gasteiger partial charge on any atom is -0.486 e. The third kappa shape index (κ3) is 3.70. The Morgan fingerprint density at radius 1 is 1.29 bits per heavy atom. The second-order valence-corrected chi connectivity index (χ2v) is 6.65. The molecule has 0 aliphatic heterocycles. The third-order valence-corrected chi connectivity index (χ3v) is 4.55. The minimum absolute atomic E-state index is 0.0774. The molecule has 0 amide bonds. The van der Waals surface area contributed by atoms with Gasteiger partial charge < -0.3 is 4.74 Å². The quantitative estimate of drug-likeness (QED) is 0.754. The number of carbonyl (C=O) groups is 1. The number of thiazole rings is 1. The van der Waals surface area contributed by atoms with Crippen molar-refractivity contribution in [3.8, 4) is 5.75 Å². The number of benzene rings is 1. The summed E-state index contributed by atoms with van der Waals surface area (Å²) < 4.78 is 5.79. The van der Waals surface area contributed by atoms with Crippen LogP contribution in [0.3, 0.4) is 0 Å². The summed E-state index contributed by atoms with van der Waals surface area (Å²) >= 11 is 1.44. The van der Waals surface area contributed by atoms with E-state index in [0.717, 1.165) is 21.3 Å². The van der Waals surface area contributed by atoms with E-state index in [0.29, 0.717) is 6.61 Å². The van der Waals surface area contributed by atoms with Crippen molar-refractivity contribution in [1.29, 1.82) is 0 Å². The number of ketones is 1. The minimum atomic E-state index is 0.0774. The first-order valence-electron chi connectivity index (χ1n) is 7.09. The summed E-state index contributed by atoms with van der Waals surface area (Å²) in [6.07, 6.45) is 0. The summed E-state index contributed by atoms with van der Waals surface area (Å²) in [5.74, 6) is 1.16. The van der Waals surface area contributed by atoms with E-state index >= 15 is 0 Å². The summed E-state index contributed by atoms with van der Waals surface area (Å²) in [7, 11) is 0. The maximum absolute atomic E-state index is 11.7. The van der Waals surface area contributed by atoms with E-state index in [2.05, 4.69) is 32.7 Å². The number of hydrogen-bond acceptors (Lipinski definition) is 4. The molecular formula is C17H21NO2S. The molecule has 0 N–H and O–H groups in total. The monoisotopic (exact) mass is 303 g/mol. The molecule has 0 fully saturated rings. The Hall–Kier alpha value is -1.68. The summed E-state index contributed by atoms with van der Waals surface area (Å²) in [5, 5.41) is 0.849. The van der Waals surface area contributed by atoms with Crippen LogP contribution in [-0.2, 0) is 6.61 Å². The highest BCUT2D eigenvalue weighted by atomic mass is 32.1. The molecule has 1 heterocycles. The van der Waals surface area contributed by atoms with E-state index in [4.69, 9.17) is 4.74 Å². The number of ether oxygens (including phenoxy) is 1. The van der Waals surface area contributed by atoms with E-state index < -0.39 is 0 Å². The van der Waals surface area contributed by atoms with Gasteiger partial charge in [-0.25, -0.2) is 4.98 Å². The SMILES string of the molecule is CC(=O)c1sc(COc2ccc(C)c(C)c2)nc1C(C)C. The molecule has 0 aliphatic carbocycles. The topological polar surface area (TPSA) is 39.2 Å². The van der Waals surface area contributed by atoms with Crippen molar-refractivity contribution < 1.29 is 9.53 Å². The van der Waals surface area contributed by atoms with Gasteiger partial charge in [-0.2, -0.15) is 0 Å². The Kier molecular flexibility index (Phi) is 4.78. The maximum Gasteiger partial charge on any atom is 0.171 e. The number of hydrogen-bond donors (Lipinski definition) is 0. The van der Waals surface area contributed by atoms with Gasteiger partial charge in [-0.3, -0.25) is 4.79 Å². The summed E-state index contributed by atoms with van der Waals surface area (Å²) in [4.78, 5) is 17.0. The molecule has 2 rings (SSSR count). The molecule has 112 valence electrons. The van der Waals surface area contributed by atoms with E-state index in [9.17, 15) is 4.79 Å². The smallest absolute Gasteiger partial charge is 0.171 e. The molecule has 1 aromatic heterocycles. The van der Waals surface area contributed by atoms with Crippen molar-refractivity contribution in [2.75, 3.05) is 0 Å². The van der Waals surface area contributed by atoms with Crippen LogP contribution in [0.5, 0.6) is 5.75 Å². The number of rotatable bonds is 5. The van der Waals surface area contributed by atoms with Gasteiger partial charge in [-0.05, 0) is 43.0 Å². The van der Waals surface area contributed by atoms with Crippen LogP contribution in [-0.4, -0.2) is 10.8 Å². The zero-order valence-electron chi connectivity index (χ0n) is 13.2. The standard InChI is InChI=1S/C17H21NO2S/c1-10(2)16-17(13(5)19)21-15(18-16)9-20-14-7-6-11(3)12(4)8-14/h6-8,10H,9H2,1-5H3. The first-order valence-corrected chi connectivity index (χ1v) is 7.90. The summed E-state index contributed by atoms with van der Waals surface area (Å²) in [5.41, 5.74) is 3.34. The molecule has 21 heavy (non-hydrogen) atoms. The highest BCUT2D eigenvalue weighted by Gasteiger charge is 2.17. The number of Topliss-reactive ketones (excluding diaryl/α,β-unsaturated/α-hetero) is 1. The molecule has 0 spiro atoms. The first-order chi connectivity index (χ1) is 9.88. The molecule has 0 atom stereocenters. The molecule has 0 saturated carbocycles. The fourth-order valence-corrected chi connectivity index (χ4v) is 3.06. The van der Waals surface area contributed by atoms with Crippen molar-refractivity contribution in [3.63, 3.8) is 0 Å². The van der Waals surface area contributed by atoms with Crippen molar-refractivity contribution in [2.24, 2.45) is 0 Å². The van der Waals surface area contributed by atoms with Crippen LogP contribution < -0.4 is 4.74 Å². The second-order valence-electron chi connectivity index (χ2n) is 5.57. The average Bonchev–Trinajstić information content (AvgIpc) is 2.85. The van der Waals surface area contributed by atoms with Crippen molar-refractivity contribution in [2.45, 2.75) is 47.1 Å². The lowest BCUT2D eigenvalue weighted by molar-refractivity contribution is 0.102. The van der Waals surface area contributed by atoms with Gasteiger partial charge in [0.1, 0.15) is 17.4 Å². The van der Waals surface area contributed by atoms with Gasteiger partial charge in [0.05, 0.1) is 10.6 Å². The summed E-state index contributed by atoms with van der Waals surface area (Å²) in [6.45, 7) is 10.2. The van der Waals surface area contributed by atoms with Gasteiger partial charge >= 0.3 is 0 Å². The van der Waals surface area contributed by atoms with Crippen molar-refractivity contribution >= 4 is 17.1 Å².